The SMILES string of the molecule is CC/C=C\C/C=C\C/C=C\C/C=C\C/C=C\CC(=O)OCC(COC(=O)CCCCCCCCCCCCCCCCCCCC/C=C\C/C=C\C/C=C\C/C=C\CC)OC(=O)CCCCCCCCCCC/C=C\C/C=C\CCCCC. The number of hydrogen-bond acceptors (Lipinski definition) is 6. The first-order valence-corrected chi connectivity index (χ1v) is 34.7. The van der Waals surface area contributed by atoms with Gasteiger partial charge in [0.25, 0.3) is 0 Å². The highest BCUT2D eigenvalue weighted by Crippen LogP contribution is 2.17. The van der Waals surface area contributed by atoms with Gasteiger partial charge in [-0.25, -0.2) is 0 Å². The normalized spacial score (nSPS) is 13.0. The summed E-state index contributed by atoms with van der Waals surface area (Å²) >= 11 is 0. The van der Waals surface area contributed by atoms with Gasteiger partial charge in [-0.2, -0.15) is 0 Å². The van der Waals surface area contributed by atoms with Crippen molar-refractivity contribution in [3.8, 4) is 0 Å². The van der Waals surface area contributed by atoms with Gasteiger partial charge in [0.1, 0.15) is 13.2 Å². The molecule has 0 aromatic carbocycles. The number of rotatable bonds is 62. The average molecular weight is 1150 g/mol. The highest BCUT2D eigenvalue weighted by Gasteiger charge is 2.19. The quantitative estimate of drug-likeness (QED) is 0.0261. The molecule has 1 atom stereocenters. The van der Waals surface area contributed by atoms with Crippen LogP contribution in [0.1, 0.15) is 316 Å². The molecule has 0 radical (unpaired) electrons. The molecule has 6 nitrogen and oxygen atoms in total. The summed E-state index contributed by atoms with van der Waals surface area (Å²) in [5.41, 5.74) is 0. The van der Waals surface area contributed by atoms with Crippen LogP contribution in [-0.2, 0) is 28.6 Å². The summed E-state index contributed by atoms with van der Waals surface area (Å²) in [5, 5.41) is 0. The summed E-state index contributed by atoms with van der Waals surface area (Å²) in [6, 6.07) is 0. The molecular weight excluding hydrogens is 1020 g/mol. The molecule has 0 saturated heterocycles. The van der Waals surface area contributed by atoms with E-state index in [0.717, 1.165) is 103 Å². The van der Waals surface area contributed by atoms with Crippen LogP contribution >= 0.6 is 0 Å². The van der Waals surface area contributed by atoms with E-state index in [1.165, 1.54) is 173 Å². The second kappa shape index (κ2) is 70.0. The molecule has 0 aliphatic rings. The first-order valence-electron chi connectivity index (χ1n) is 34.7. The van der Waals surface area contributed by atoms with E-state index in [2.05, 4.69) is 142 Å². The summed E-state index contributed by atoms with van der Waals surface area (Å²) in [5.74, 6) is -1.04. The summed E-state index contributed by atoms with van der Waals surface area (Å²) in [7, 11) is 0. The molecule has 0 heterocycles. The average Bonchev–Trinajstić information content (AvgIpc) is 3.50. The lowest BCUT2D eigenvalue weighted by molar-refractivity contribution is -0.166. The minimum absolute atomic E-state index is 0.110. The van der Waals surface area contributed by atoms with Gasteiger partial charge in [0.2, 0.25) is 0 Å². The van der Waals surface area contributed by atoms with Crippen molar-refractivity contribution >= 4 is 17.9 Å². The van der Waals surface area contributed by atoms with Gasteiger partial charge in [-0.3, -0.25) is 14.4 Å². The number of carbonyl (C=O) groups excluding carboxylic acids is 3. The lowest BCUT2D eigenvalue weighted by Gasteiger charge is -2.18. The zero-order valence-electron chi connectivity index (χ0n) is 54.2. The first kappa shape index (κ1) is 78.5. The number of unbranched alkanes of at least 4 members (excludes halogenated alkanes) is 30. The maximum Gasteiger partial charge on any atom is 0.309 e. The Kier molecular flexibility index (Phi) is 66.3. The number of hydrogen-bond donors (Lipinski definition) is 0. The van der Waals surface area contributed by atoms with E-state index in [4.69, 9.17) is 14.2 Å². The Bertz CT molecular complexity index is 1750. The molecule has 0 amide bonds. The molecule has 0 bridgehead atoms. The van der Waals surface area contributed by atoms with Crippen LogP contribution in [0.25, 0.3) is 0 Å². The molecule has 1 unspecified atom stereocenters. The summed E-state index contributed by atoms with van der Waals surface area (Å²) in [4.78, 5) is 38.3. The lowest BCUT2D eigenvalue weighted by atomic mass is 10.0. The van der Waals surface area contributed by atoms with Gasteiger partial charge in [-0.05, 0) is 116 Å². The Hall–Kier alpha value is -4.45. The molecule has 472 valence electrons. The maximum atomic E-state index is 12.9. The van der Waals surface area contributed by atoms with Crippen molar-refractivity contribution in [3.63, 3.8) is 0 Å². The van der Waals surface area contributed by atoms with Gasteiger partial charge < -0.3 is 14.2 Å². The third-order valence-electron chi connectivity index (χ3n) is 14.7. The molecule has 0 saturated carbocycles. The molecule has 0 fully saturated rings. The fourth-order valence-corrected chi connectivity index (χ4v) is 9.54. The van der Waals surface area contributed by atoms with Gasteiger partial charge in [0.05, 0.1) is 6.42 Å². The van der Waals surface area contributed by atoms with Crippen molar-refractivity contribution in [3.05, 3.63) is 134 Å². The summed E-state index contributed by atoms with van der Waals surface area (Å²) in [6.45, 7) is 6.32. The molecule has 0 aliphatic carbocycles. The van der Waals surface area contributed by atoms with E-state index in [-0.39, 0.29) is 31.6 Å². The number of esters is 3. The van der Waals surface area contributed by atoms with E-state index >= 15 is 0 Å². The Morgan fingerprint density at radius 3 is 0.843 bits per heavy atom. The minimum atomic E-state index is -0.824. The Morgan fingerprint density at radius 2 is 0.518 bits per heavy atom. The van der Waals surface area contributed by atoms with Crippen LogP contribution in [0.3, 0.4) is 0 Å². The third kappa shape index (κ3) is 68.2. The van der Waals surface area contributed by atoms with E-state index in [1.807, 2.05) is 6.08 Å². The Balaban J connectivity index is 4.31. The van der Waals surface area contributed by atoms with Crippen molar-refractivity contribution in [1.29, 1.82) is 0 Å². The van der Waals surface area contributed by atoms with Crippen molar-refractivity contribution in [2.24, 2.45) is 0 Å². The van der Waals surface area contributed by atoms with Crippen molar-refractivity contribution in [2.45, 2.75) is 322 Å². The van der Waals surface area contributed by atoms with Crippen LogP contribution < -0.4 is 0 Å². The molecule has 0 spiro atoms. The topological polar surface area (TPSA) is 78.9 Å². The second-order valence-electron chi connectivity index (χ2n) is 22.7. The van der Waals surface area contributed by atoms with E-state index in [0.29, 0.717) is 12.8 Å². The van der Waals surface area contributed by atoms with Crippen LogP contribution in [-0.4, -0.2) is 37.2 Å². The van der Waals surface area contributed by atoms with Crippen LogP contribution in [0.15, 0.2) is 134 Å². The number of ether oxygens (including phenoxy) is 3. The number of carbonyl (C=O) groups is 3. The maximum absolute atomic E-state index is 12.9. The van der Waals surface area contributed by atoms with Crippen LogP contribution in [0.2, 0.25) is 0 Å². The fraction of sp³-hybridized carbons (Fsp3) is 0.675. The van der Waals surface area contributed by atoms with Crippen LogP contribution in [0, 0.1) is 0 Å². The number of allylic oxidation sites excluding steroid dienone is 21. The predicted molar refractivity (Wildman–Crippen MR) is 362 cm³/mol. The zero-order chi connectivity index (χ0) is 59.9. The predicted octanol–water partition coefficient (Wildman–Crippen LogP) is 24.1. The monoisotopic (exact) mass is 1150 g/mol. The van der Waals surface area contributed by atoms with Gasteiger partial charge in [0, 0.05) is 12.8 Å². The van der Waals surface area contributed by atoms with Crippen LogP contribution in [0.5, 0.6) is 0 Å². The van der Waals surface area contributed by atoms with Gasteiger partial charge >= 0.3 is 17.9 Å². The van der Waals surface area contributed by atoms with Crippen molar-refractivity contribution < 1.29 is 28.6 Å². The second-order valence-corrected chi connectivity index (χ2v) is 22.7. The van der Waals surface area contributed by atoms with E-state index in [9.17, 15) is 14.4 Å². The fourth-order valence-electron chi connectivity index (χ4n) is 9.54. The van der Waals surface area contributed by atoms with Gasteiger partial charge in [-0.1, -0.05) is 315 Å². The van der Waals surface area contributed by atoms with Crippen LogP contribution in [0.4, 0.5) is 0 Å². The highest BCUT2D eigenvalue weighted by molar-refractivity contribution is 5.72. The van der Waals surface area contributed by atoms with Crippen molar-refractivity contribution in [1.82, 2.24) is 0 Å². The highest BCUT2D eigenvalue weighted by atomic mass is 16.6. The molecule has 0 aliphatic heterocycles. The zero-order valence-corrected chi connectivity index (χ0v) is 54.2. The largest absolute Gasteiger partial charge is 0.462 e. The van der Waals surface area contributed by atoms with Gasteiger partial charge in [0.15, 0.2) is 6.10 Å². The summed E-state index contributed by atoms with van der Waals surface area (Å²) < 4.78 is 16.9. The Morgan fingerprint density at radius 1 is 0.265 bits per heavy atom. The Labute approximate surface area is 513 Å². The van der Waals surface area contributed by atoms with E-state index in [1.54, 1.807) is 6.08 Å². The first-order chi connectivity index (χ1) is 41.0. The summed E-state index contributed by atoms with van der Waals surface area (Å²) in [6.07, 6.45) is 99.4. The molecular formula is C77H128O6. The molecule has 83 heavy (non-hydrogen) atoms. The molecule has 0 rings (SSSR count). The molecule has 0 N–H and O–H groups in total. The standard InChI is InChI=1S/C77H128O6/c1-4-7-10-13-16-19-22-25-28-30-32-33-34-35-36-37-38-39-40-41-42-43-45-46-49-52-55-58-61-64-67-70-76(79)82-73-74(72-81-75(78)69-66-63-60-57-54-51-48-27-24-21-18-15-12-9-6-3)83-77(80)71-68-65-62-59-56-53-50-47-44-31-29-26-23-20-17-14-11-8-5-2/h7,9-10,12,16-21,25-29,32-33,48,54,57,63,66,74H,4-6,8,11,13-15,22-24,30-31,34-47,49-53,55-56,58-62,64-65,67-73H2,1-3H3/b10-7-,12-9-,19-16-,20-17-,21-18-,28-25-,29-26-,33-32-,48-27-,57-54-,66-63-. The molecule has 0 aromatic heterocycles. The minimum Gasteiger partial charge on any atom is -0.462 e. The lowest BCUT2D eigenvalue weighted by Crippen LogP contribution is -2.30. The smallest absolute Gasteiger partial charge is 0.309 e. The third-order valence-corrected chi connectivity index (χ3v) is 14.7. The van der Waals surface area contributed by atoms with Crippen molar-refractivity contribution in [2.75, 3.05) is 13.2 Å². The molecule has 0 aromatic rings. The van der Waals surface area contributed by atoms with Gasteiger partial charge in [-0.15, -0.1) is 0 Å². The molecule has 6 heteroatoms. The van der Waals surface area contributed by atoms with E-state index < -0.39 is 12.1 Å².